The van der Waals surface area contributed by atoms with Crippen molar-refractivity contribution in [3.8, 4) is 0 Å². The summed E-state index contributed by atoms with van der Waals surface area (Å²) in [5.74, 6) is -0.161. The van der Waals surface area contributed by atoms with Crippen LogP contribution in [0.5, 0.6) is 0 Å². The SMILES string of the molecule is CCC[CH2][Sn](/[CH]=C/[C@H](OC)[C@H](O)[C@@H](C)CO)([CH2]CCC)[CH2]CCC. The molecule has 0 rings (SSSR count). The van der Waals surface area contributed by atoms with E-state index in [0.717, 1.165) is 0 Å². The molecule has 3 nitrogen and oxygen atoms in total. The Morgan fingerprint density at radius 3 is 1.75 bits per heavy atom. The molecule has 2 N–H and O–H groups in total. The van der Waals surface area contributed by atoms with Crippen molar-refractivity contribution in [3.05, 3.63) is 10.2 Å². The number of aliphatic hydroxyl groups excluding tert-OH is 2. The first kappa shape index (κ1) is 24.4. The third-order valence-electron chi connectivity index (χ3n) is 5.20. The number of ether oxygens (including phenoxy) is 1. The summed E-state index contributed by atoms with van der Waals surface area (Å²) in [5.41, 5.74) is 0. The van der Waals surface area contributed by atoms with Crippen LogP contribution in [-0.2, 0) is 4.74 Å². The first-order valence-electron chi connectivity index (χ1n) is 10.0. The van der Waals surface area contributed by atoms with Crippen LogP contribution in [0.1, 0.15) is 66.2 Å². The Balaban J connectivity index is 5.25. The van der Waals surface area contributed by atoms with Gasteiger partial charge in [-0.25, -0.2) is 0 Å². The number of aliphatic hydroxyl groups is 2. The summed E-state index contributed by atoms with van der Waals surface area (Å²) in [6.07, 6.45) is 9.02. The van der Waals surface area contributed by atoms with Gasteiger partial charge < -0.3 is 0 Å². The molecule has 4 heteroatoms. The molecule has 0 heterocycles. The van der Waals surface area contributed by atoms with Crippen molar-refractivity contribution in [1.29, 1.82) is 0 Å². The van der Waals surface area contributed by atoms with Crippen LogP contribution < -0.4 is 0 Å². The Kier molecular flexibility index (Phi) is 14.8. The van der Waals surface area contributed by atoms with Gasteiger partial charge in [0.25, 0.3) is 0 Å². The summed E-state index contributed by atoms with van der Waals surface area (Å²) < 4.78 is 12.3. The second kappa shape index (κ2) is 14.6. The molecule has 0 radical (unpaired) electrons. The molecule has 0 aromatic rings. The molecule has 0 bridgehead atoms. The summed E-state index contributed by atoms with van der Waals surface area (Å²) in [5, 5.41) is 19.7. The molecule has 0 aromatic heterocycles. The fraction of sp³-hybridized carbons (Fsp3) is 0.900. The van der Waals surface area contributed by atoms with Gasteiger partial charge in [0.1, 0.15) is 0 Å². The average Bonchev–Trinajstić information content (AvgIpc) is 2.61. The van der Waals surface area contributed by atoms with Crippen LogP contribution in [0.4, 0.5) is 0 Å². The van der Waals surface area contributed by atoms with Crippen LogP contribution in [0.2, 0.25) is 13.3 Å². The maximum atomic E-state index is 10.4. The van der Waals surface area contributed by atoms with Gasteiger partial charge in [-0.15, -0.1) is 0 Å². The molecule has 0 aromatic carbocycles. The van der Waals surface area contributed by atoms with Crippen LogP contribution in [0, 0.1) is 5.92 Å². The van der Waals surface area contributed by atoms with Crippen molar-refractivity contribution in [3.63, 3.8) is 0 Å². The molecule has 0 unspecified atom stereocenters. The van der Waals surface area contributed by atoms with Gasteiger partial charge >= 0.3 is 155 Å². The van der Waals surface area contributed by atoms with Gasteiger partial charge in [-0.05, 0) is 0 Å². The third kappa shape index (κ3) is 9.21. The Morgan fingerprint density at radius 2 is 1.42 bits per heavy atom. The van der Waals surface area contributed by atoms with Gasteiger partial charge in [0.15, 0.2) is 0 Å². The monoisotopic (exact) mass is 450 g/mol. The van der Waals surface area contributed by atoms with Gasteiger partial charge in [0.2, 0.25) is 0 Å². The number of methoxy groups -OCH3 is 1. The quantitative estimate of drug-likeness (QED) is 0.349. The van der Waals surface area contributed by atoms with E-state index in [1.807, 2.05) is 6.92 Å². The Morgan fingerprint density at radius 1 is 0.958 bits per heavy atom. The fourth-order valence-electron chi connectivity index (χ4n) is 3.27. The zero-order valence-electron chi connectivity index (χ0n) is 16.8. The Labute approximate surface area is 154 Å². The molecule has 0 amide bonds. The van der Waals surface area contributed by atoms with Crippen molar-refractivity contribution < 1.29 is 14.9 Å². The zero-order chi connectivity index (χ0) is 18.4. The summed E-state index contributed by atoms with van der Waals surface area (Å²) in [4.78, 5) is 0. The summed E-state index contributed by atoms with van der Waals surface area (Å²) in [7, 11) is 1.66. The number of rotatable bonds is 15. The molecular weight excluding hydrogens is 407 g/mol. The second-order valence-corrected chi connectivity index (χ2v) is 20.4. The molecule has 0 aliphatic heterocycles. The predicted octanol–water partition coefficient (Wildman–Crippen LogP) is 4.94. The maximum absolute atomic E-state index is 10.4. The number of hydrogen-bond donors (Lipinski definition) is 2. The molecule has 3 atom stereocenters. The van der Waals surface area contributed by atoms with Crippen LogP contribution in [-0.4, -0.2) is 54.5 Å². The molecular formula is C20H42O3Sn. The van der Waals surface area contributed by atoms with Crippen molar-refractivity contribution in [2.75, 3.05) is 13.7 Å². The van der Waals surface area contributed by atoms with E-state index in [2.05, 4.69) is 30.9 Å². The Bertz CT molecular complexity index is 298. The van der Waals surface area contributed by atoms with Gasteiger partial charge in [-0.3, -0.25) is 0 Å². The van der Waals surface area contributed by atoms with Crippen LogP contribution in [0.3, 0.4) is 0 Å². The minimum atomic E-state index is -2.33. The average molecular weight is 449 g/mol. The third-order valence-corrected chi connectivity index (χ3v) is 19.3. The summed E-state index contributed by atoms with van der Waals surface area (Å²) >= 11 is -2.33. The van der Waals surface area contributed by atoms with Gasteiger partial charge in [-0.2, -0.15) is 0 Å². The normalized spacial score (nSPS) is 16.5. The van der Waals surface area contributed by atoms with E-state index in [-0.39, 0.29) is 18.6 Å². The van der Waals surface area contributed by atoms with Gasteiger partial charge in [0, 0.05) is 0 Å². The summed E-state index contributed by atoms with van der Waals surface area (Å²) in [6, 6.07) is 0. The van der Waals surface area contributed by atoms with E-state index in [1.54, 1.807) is 7.11 Å². The summed E-state index contributed by atoms with van der Waals surface area (Å²) in [6.45, 7) is 8.71. The van der Waals surface area contributed by atoms with E-state index in [0.29, 0.717) is 0 Å². The molecule has 0 aliphatic rings. The predicted molar refractivity (Wildman–Crippen MR) is 107 cm³/mol. The molecule has 0 saturated heterocycles. The molecule has 0 spiro atoms. The van der Waals surface area contributed by atoms with Gasteiger partial charge in [0.05, 0.1) is 0 Å². The fourth-order valence-corrected chi connectivity index (χ4v) is 17.6. The van der Waals surface area contributed by atoms with E-state index in [9.17, 15) is 10.2 Å². The van der Waals surface area contributed by atoms with Crippen LogP contribution in [0.25, 0.3) is 0 Å². The minimum absolute atomic E-state index is 0.00913. The zero-order valence-corrected chi connectivity index (χ0v) is 19.6. The van der Waals surface area contributed by atoms with E-state index >= 15 is 0 Å². The first-order valence-corrected chi connectivity index (χ1v) is 17.7. The van der Waals surface area contributed by atoms with Crippen molar-refractivity contribution >= 4 is 18.4 Å². The Hall–Kier alpha value is 0.419. The van der Waals surface area contributed by atoms with Crippen molar-refractivity contribution in [1.82, 2.24) is 0 Å². The molecule has 0 aliphatic carbocycles. The van der Waals surface area contributed by atoms with E-state index < -0.39 is 24.5 Å². The molecule has 0 saturated carbocycles. The van der Waals surface area contributed by atoms with E-state index in [1.165, 1.54) is 51.8 Å². The second-order valence-electron chi connectivity index (χ2n) is 7.38. The van der Waals surface area contributed by atoms with Gasteiger partial charge in [-0.1, -0.05) is 0 Å². The van der Waals surface area contributed by atoms with E-state index in [4.69, 9.17) is 4.74 Å². The topological polar surface area (TPSA) is 49.7 Å². The number of unbranched alkanes of at least 4 members (excludes halogenated alkanes) is 3. The van der Waals surface area contributed by atoms with Crippen LogP contribution in [0.15, 0.2) is 10.2 Å². The molecule has 24 heavy (non-hydrogen) atoms. The van der Waals surface area contributed by atoms with Crippen LogP contribution >= 0.6 is 0 Å². The standard InChI is InChI=1S/C8H15O3.3C4H9.Sn/c1-4-7(11-3)8(10)6(2)5-9;3*1-3-4-2;/h1,4,6-10H,5H2,2-3H3;3*1,3-4H2,2H3;/t6-,7-,8+;;;;/m0..../s1. The van der Waals surface area contributed by atoms with Crippen molar-refractivity contribution in [2.24, 2.45) is 5.92 Å². The van der Waals surface area contributed by atoms with Crippen molar-refractivity contribution in [2.45, 2.75) is 91.7 Å². The molecule has 144 valence electrons. The first-order chi connectivity index (χ1) is 11.5. The molecule has 0 fully saturated rings. The number of hydrogen-bond acceptors (Lipinski definition) is 3.